The Morgan fingerprint density at radius 2 is 0.956 bits per heavy atom. The molecule has 12 nitrogen and oxygen atoms in total. The van der Waals surface area contributed by atoms with Crippen molar-refractivity contribution in [1.29, 1.82) is 0 Å². The monoisotopic (exact) mass is 638 g/mol. The molecule has 0 bridgehead atoms. The van der Waals surface area contributed by atoms with Gasteiger partial charge in [-0.25, -0.2) is 19.2 Å². The third-order valence-electron chi connectivity index (χ3n) is 5.18. The highest BCUT2D eigenvalue weighted by Gasteiger charge is 2.25. The van der Waals surface area contributed by atoms with Gasteiger partial charge in [0, 0.05) is 39.3 Å². The molecule has 0 aromatic rings. The van der Waals surface area contributed by atoms with E-state index in [9.17, 15) is 19.2 Å². The quantitative estimate of drug-likeness (QED) is 0.110. The van der Waals surface area contributed by atoms with Gasteiger partial charge in [-0.15, -0.1) is 6.42 Å². The van der Waals surface area contributed by atoms with Gasteiger partial charge in [0.1, 0.15) is 22.4 Å². The molecule has 0 aromatic carbocycles. The zero-order valence-electron chi connectivity index (χ0n) is 29.7. The maximum absolute atomic E-state index is 13.0. The summed E-state index contributed by atoms with van der Waals surface area (Å²) in [5.41, 5.74) is -2.66. The van der Waals surface area contributed by atoms with Crippen LogP contribution in [0, 0.1) is 12.3 Å². The van der Waals surface area contributed by atoms with Gasteiger partial charge in [-0.05, 0) is 95.9 Å². The van der Waals surface area contributed by atoms with Crippen LogP contribution in [0.5, 0.6) is 0 Å². The lowest BCUT2D eigenvalue weighted by molar-refractivity contribution is 0.0223. The van der Waals surface area contributed by atoms with E-state index in [2.05, 4.69) is 11.2 Å². The van der Waals surface area contributed by atoms with Gasteiger partial charge in [0.2, 0.25) is 0 Å². The van der Waals surface area contributed by atoms with Gasteiger partial charge in [-0.2, -0.15) is 0 Å². The first-order valence-corrected chi connectivity index (χ1v) is 15.4. The molecule has 0 heterocycles. The van der Waals surface area contributed by atoms with Gasteiger partial charge in [0.05, 0.1) is 6.54 Å². The van der Waals surface area contributed by atoms with Gasteiger partial charge in [-0.1, -0.05) is 18.1 Å². The standard InChI is InChI=1S/C33H58N4O8/c1-14-20-35(27(39)43-31(5,6)7)24-18-25-37(29(41)45-33(11,12)13)22-16-15-21-36(28(40)44-32(8,9)10)23-17-19-34-26(38)42-30(2,3)4/h1,15-16H,17-25H2,2-13H3,(H,34,38)/b16-15+. The largest absolute Gasteiger partial charge is 0.444 e. The fraction of sp³-hybridized carbons (Fsp3) is 0.758. The summed E-state index contributed by atoms with van der Waals surface area (Å²) in [7, 11) is 0. The summed E-state index contributed by atoms with van der Waals surface area (Å²) in [5, 5.41) is 2.69. The van der Waals surface area contributed by atoms with Crippen LogP contribution in [0.4, 0.5) is 19.2 Å². The molecule has 0 radical (unpaired) electrons. The second kappa shape index (κ2) is 18.4. The Morgan fingerprint density at radius 1 is 0.600 bits per heavy atom. The first-order valence-electron chi connectivity index (χ1n) is 15.4. The maximum Gasteiger partial charge on any atom is 0.411 e. The van der Waals surface area contributed by atoms with E-state index in [4.69, 9.17) is 25.4 Å². The summed E-state index contributed by atoms with van der Waals surface area (Å²) < 4.78 is 21.8. The molecule has 0 aliphatic heterocycles. The fourth-order valence-electron chi connectivity index (χ4n) is 3.47. The third-order valence-corrected chi connectivity index (χ3v) is 5.18. The first kappa shape index (κ1) is 41.4. The number of nitrogens with zero attached hydrogens (tertiary/aromatic N) is 3. The van der Waals surface area contributed by atoms with Crippen molar-refractivity contribution in [3.63, 3.8) is 0 Å². The lowest BCUT2D eigenvalue weighted by atomic mass is 10.2. The molecule has 0 aromatic heterocycles. The Hall–Kier alpha value is -3.62. The van der Waals surface area contributed by atoms with Crippen LogP contribution in [0.1, 0.15) is 95.9 Å². The number of rotatable bonds is 13. The van der Waals surface area contributed by atoms with E-state index in [0.717, 1.165) is 0 Å². The van der Waals surface area contributed by atoms with E-state index >= 15 is 0 Å². The molecule has 0 saturated heterocycles. The van der Waals surface area contributed by atoms with Crippen LogP contribution in [0.15, 0.2) is 12.2 Å². The number of amides is 4. The maximum atomic E-state index is 13.0. The normalized spacial score (nSPS) is 12.2. The second-order valence-electron chi connectivity index (χ2n) is 14.6. The zero-order chi connectivity index (χ0) is 35.1. The van der Waals surface area contributed by atoms with Crippen molar-refractivity contribution in [3.05, 3.63) is 12.2 Å². The topological polar surface area (TPSA) is 127 Å². The molecular formula is C33H58N4O8. The number of nitrogens with one attached hydrogen (secondary N) is 1. The molecule has 0 fully saturated rings. The van der Waals surface area contributed by atoms with Crippen LogP contribution in [-0.2, 0) is 18.9 Å². The van der Waals surface area contributed by atoms with E-state index in [1.807, 2.05) is 0 Å². The van der Waals surface area contributed by atoms with Crippen LogP contribution in [0.3, 0.4) is 0 Å². The van der Waals surface area contributed by atoms with Crippen molar-refractivity contribution in [2.45, 2.75) is 118 Å². The Balaban J connectivity index is 5.45. The SMILES string of the molecule is C#CCN(CCCN(C/C=C/CN(CCCNC(=O)OC(C)(C)C)C(=O)OC(C)(C)C)C(=O)OC(C)(C)C)C(=O)OC(C)(C)C. The second-order valence-corrected chi connectivity index (χ2v) is 14.6. The molecule has 0 atom stereocenters. The third kappa shape index (κ3) is 22.5. The smallest absolute Gasteiger partial charge is 0.411 e. The zero-order valence-corrected chi connectivity index (χ0v) is 29.7. The summed E-state index contributed by atoms with van der Waals surface area (Å²) in [6, 6.07) is 0. The first-order chi connectivity index (χ1) is 20.4. The van der Waals surface area contributed by atoms with Gasteiger partial charge in [0.15, 0.2) is 0 Å². The number of carbonyl (C=O) groups is 4. The minimum absolute atomic E-state index is 0.0784. The Labute approximate surface area is 271 Å². The number of ether oxygens (including phenoxy) is 4. The number of hydrogen-bond acceptors (Lipinski definition) is 8. The molecule has 1 N–H and O–H groups in total. The average molecular weight is 639 g/mol. The fourth-order valence-corrected chi connectivity index (χ4v) is 3.47. The molecule has 0 aliphatic carbocycles. The predicted octanol–water partition coefficient (Wildman–Crippen LogP) is 6.19. The number of hydrogen-bond donors (Lipinski definition) is 1. The van der Waals surface area contributed by atoms with Crippen LogP contribution in [-0.4, -0.2) is 107 Å². The average Bonchev–Trinajstić information content (AvgIpc) is 2.81. The van der Waals surface area contributed by atoms with Crippen LogP contribution < -0.4 is 5.32 Å². The highest BCUT2D eigenvalue weighted by molar-refractivity contribution is 5.70. The Morgan fingerprint density at radius 3 is 1.33 bits per heavy atom. The summed E-state index contributed by atoms with van der Waals surface area (Å²) in [6.45, 7) is 23.1. The molecule has 45 heavy (non-hydrogen) atoms. The summed E-state index contributed by atoms with van der Waals surface area (Å²) in [5.74, 6) is 2.47. The number of alkyl carbamates (subject to hydrolysis) is 1. The van der Waals surface area contributed by atoms with Crippen molar-refractivity contribution in [3.8, 4) is 12.3 Å². The molecule has 12 heteroatoms. The molecule has 258 valence electrons. The van der Waals surface area contributed by atoms with E-state index in [1.165, 1.54) is 14.7 Å². The van der Waals surface area contributed by atoms with E-state index in [1.54, 1.807) is 95.2 Å². The number of carbonyl (C=O) groups excluding carboxylic acids is 4. The predicted molar refractivity (Wildman–Crippen MR) is 175 cm³/mol. The number of terminal acetylenes is 1. The van der Waals surface area contributed by atoms with Crippen molar-refractivity contribution < 1.29 is 38.1 Å². The molecule has 0 spiro atoms. The van der Waals surface area contributed by atoms with Crippen LogP contribution in [0.2, 0.25) is 0 Å². The van der Waals surface area contributed by atoms with Gasteiger partial charge >= 0.3 is 24.4 Å². The van der Waals surface area contributed by atoms with E-state index < -0.39 is 46.8 Å². The van der Waals surface area contributed by atoms with Gasteiger partial charge < -0.3 is 34.1 Å². The van der Waals surface area contributed by atoms with Crippen molar-refractivity contribution in [2.75, 3.05) is 45.8 Å². The van der Waals surface area contributed by atoms with Gasteiger partial charge in [0.25, 0.3) is 0 Å². The summed E-state index contributed by atoms with van der Waals surface area (Å²) in [6.07, 6.45) is 7.86. The highest BCUT2D eigenvalue weighted by atomic mass is 16.6. The molecular weight excluding hydrogens is 580 g/mol. The minimum Gasteiger partial charge on any atom is -0.444 e. The lowest BCUT2D eigenvalue weighted by Gasteiger charge is -2.29. The lowest BCUT2D eigenvalue weighted by Crippen LogP contribution is -2.41. The van der Waals surface area contributed by atoms with Crippen molar-refractivity contribution in [1.82, 2.24) is 20.0 Å². The molecule has 4 amide bonds. The summed E-state index contributed by atoms with van der Waals surface area (Å²) >= 11 is 0. The molecule has 0 saturated carbocycles. The van der Waals surface area contributed by atoms with Crippen molar-refractivity contribution in [2.24, 2.45) is 0 Å². The van der Waals surface area contributed by atoms with Crippen molar-refractivity contribution >= 4 is 24.4 Å². The molecule has 0 aliphatic rings. The molecule has 0 rings (SSSR count). The van der Waals surface area contributed by atoms with Crippen LogP contribution >= 0.6 is 0 Å². The minimum atomic E-state index is -0.702. The van der Waals surface area contributed by atoms with Crippen LogP contribution in [0.25, 0.3) is 0 Å². The Kier molecular flexibility index (Phi) is 16.9. The van der Waals surface area contributed by atoms with Gasteiger partial charge in [-0.3, -0.25) is 4.90 Å². The summed E-state index contributed by atoms with van der Waals surface area (Å²) in [4.78, 5) is 54.9. The molecule has 0 unspecified atom stereocenters. The Bertz CT molecular complexity index is 1020. The van der Waals surface area contributed by atoms with E-state index in [-0.39, 0.29) is 32.7 Å². The van der Waals surface area contributed by atoms with E-state index in [0.29, 0.717) is 25.9 Å². The highest BCUT2D eigenvalue weighted by Crippen LogP contribution is 2.14.